The lowest BCUT2D eigenvalue weighted by Gasteiger charge is -2.19. The van der Waals surface area contributed by atoms with Crippen LogP contribution in [0.2, 0.25) is 0 Å². The Kier molecular flexibility index (Phi) is 3.55. The lowest BCUT2D eigenvalue weighted by atomic mass is 10.3. The van der Waals surface area contributed by atoms with Gasteiger partial charge in [-0.05, 0) is 12.1 Å². The summed E-state index contributed by atoms with van der Waals surface area (Å²) in [5.41, 5.74) is 5.81. The first-order chi connectivity index (χ1) is 6.66. The highest BCUT2D eigenvalue weighted by atomic mass is 16.3. The van der Waals surface area contributed by atoms with Crippen molar-refractivity contribution < 1.29 is 9.90 Å². The average Bonchev–Trinajstić information content (AvgIpc) is 2.27. The summed E-state index contributed by atoms with van der Waals surface area (Å²) in [5, 5.41) is 9.22. The number of rotatable bonds is 3. The van der Waals surface area contributed by atoms with Crippen LogP contribution >= 0.6 is 0 Å². The van der Waals surface area contributed by atoms with Gasteiger partial charge in [-0.1, -0.05) is 0 Å². The van der Waals surface area contributed by atoms with E-state index >= 15 is 0 Å². The minimum atomic E-state index is -1.15. The van der Waals surface area contributed by atoms with Gasteiger partial charge < -0.3 is 15.7 Å². The number of pyridine rings is 1. The Morgan fingerprint density at radius 2 is 2.50 bits per heavy atom. The molecule has 1 aromatic heterocycles. The Morgan fingerprint density at radius 3 is 3.00 bits per heavy atom. The van der Waals surface area contributed by atoms with Crippen LogP contribution in [0.4, 0.5) is 5.69 Å². The summed E-state index contributed by atoms with van der Waals surface area (Å²) in [5.74, 6) is -0.430. The van der Waals surface area contributed by atoms with E-state index in [0.29, 0.717) is 5.69 Å². The van der Waals surface area contributed by atoms with Crippen molar-refractivity contribution in [3.63, 3.8) is 0 Å². The largest absolute Gasteiger partial charge is 0.382 e. The van der Waals surface area contributed by atoms with Crippen LogP contribution in [-0.4, -0.2) is 35.7 Å². The summed E-state index contributed by atoms with van der Waals surface area (Å²) in [7, 11) is 1.57. The van der Waals surface area contributed by atoms with E-state index in [9.17, 15) is 9.90 Å². The van der Waals surface area contributed by atoms with Gasteiger partial charge in [0.2, 0.25) is 0 Å². The molecule has 0 aliphatic heterocycles. The van der Waals surface area contributed by atoms with Gasteiger partial charge in [0.05, 0.1) is 11.9 Å². The molecule has 0 aliphatic carbocycles. The standard InChI is InChI=1S/C9H13N3O2/c1-12(9(14)8(13)5-10)7-3-2-4-11-6-7/h2-4,6,8,13H,5,10H2,1H3. The molecule has 0 saturated heterocycles. The van der Waals surface area contributed by atoms with Crippen molar-refractivity contribution in [1.82, 2.24) is 4.98 Å². The summed E-state index contributed by atoms with van der Waals surface area (Å²) in [6.45, 7) is -0.0799. The zero-order chi connectivity index (χ0) is 10.6. The molecule has 0 saturated carbocycles. The first-order valence-electron chi connectivity index (χ1n) is 4.22. The second-order valence-electron chi connectivity index (χ2n) is 2.86. The van der Waals surface area contributed by atoms with E-state index in [1.54, 1.807) is 31.6 Å². The molecule has 1 atom stereocenters. The summed E-state index contributed by atoms with van der Waals surface area (Å²) in [6.07, 6.45) is 2.00. The zero-order valence-electron chi connectivity index (χ0n) is 7.92. The van der Waals surface area contributed by atoms with Crippen molar-refractivity contribution in [3.8, 4) is 0 Å². The normalized spacial score (nSPS) is 12.2. The Labute approximate surface area is 82.2 Å². The van der Waals surface area contributed by atoms with Gasteiger partial charge in [-0.15, -0.1) is 0 Å². The number of likely N-dealkylation sites (N-methyl/N-ethyl adjacent to an activating group) is 1. The Morgan fingerprint density at radius 1 is 1.79 bits per heavy atom. The van der Waals surface area contributed by atoms with Crippen LogP contribution in [0.1, 0.15) is 0 Å². The van der Waals surface area contributed by atoms with Gasteiger partial charge in [-0.3, -0.25) is 9.78 Å². The summed E-state index contributed by atoms with van der Waals surface area (Å²) >= 11 is 0. The van der Waals surface area contributed by atoms with Crippen LogP contribution < -0.4 is 10.6 Å². The average molecular weight is 195 g/mol. The van der Waals surface area contributed by atoms with E-state index < -0.39 is 12.0 Å². The van der Waals surface area contributed by atoms with Gasteiger partial charge in [0.1, 0.15) is 6.10 Å². The van der Waals surface area contributed by atoms with Gasteiger partial charge >= 0.3 is 0 Å². The molecule has 1 heterocycles. The van der Waals surface area contributed by atoms with Crippen molar-refractivity contribution >= 4 is 11.6 Å². The molecule has 1 aromatic rings. The third-order valence-corrected chi connectivity index (χ3v) is 1.87. The van der Waals surface area contributed by atoms with E-state index in [2.05, 4.69) is 4.98 Å². The van der Waals surface area contributed by atoms with Crippen LogP contribution in [0.5, 0.6) is 0 Å². The van der Waals surface area contributed by atoms with Crippen molar-refractivity contribution in [2.24, 2.45) is 5.73 Å². The number of amides is 1. The van der Waals surface area contributed by atoms with Gasteiger partial charge in [0, 0.05) is 19.8 Å². The summed E-state index contributed by atoms with van der Waals surface area (Å²) < 4.78 is 0. The van der Waals surface area contributed by atoms with Gasteiger partial charge in [-0.25, -0.2) is 0 Å². The molecule has 3 N–H and O–H groups in total. The highest BCUT2D eigenvalue weighted by Crippen LogP contribution is 2.10. The number of carbonyl (C=O) groups excluding carboxylic acids is 1. The molecule has 0 radical (unpaired) electrons. The Hall–Kier alpha value is -1.46. The number of aliphatic hydroxyl groups excluding tert-OH is 1. The third kappa shape index (κ3) is 2.27. The number of aliphatic hydroxyl groups is 1. The molecular weight excluding hydrogens is 182 g/mol. The lowest BCUT2D eigenvalue weighted by molar-refractivity contribution is -0.125. The quantitative estimate of drug-likeness (QED) is 0.672. The molecule has 0 fully saturated rings. The molecule has 0 spiro atoms. The number of hydrogen-bond donors (Lipinski definition) is 2. The van der Waals surface area contributed by atoms with E-state index in [4.69, 9.17) is 5.73 Å². The van der Waals surface area contributed by atoms with Crippen molar-refractivity contribution in [3.05, 3.63) is 24.5 Å². The number of anilines is 1. The highest BCUT2D eigenvalue weighted by molar-refractivity contribution is 5.95. The van der Waals surface area contributed by atoms with E-state index in [1.165, 1.54) is 4.90 Å². The minimum Gasteiger partial charge on any atom is -0.382 e. The Bertz CT molecular complexity index is 302. The maximum absolute atomic E-state index is 11.4. The van der Waals surface area contributed by atoms with Gasteiger partial charge in [-0.2, -0.15) is 0 Å². The summed E-state index contributed by atoms with van der Waals surface area (Å²) in [4.78, 5) is 16.6. The van der Waals surface area contributed by atoms with E-state index in [1.807, 2.05) is 0 Å². The fraction of sp³-hybridized carbons (Fsp3) is 0.333. The van der Waals surface area contributed by atoms with Crippen molar-refractivity contribution in [2.75, 3.05) is 18.5 Å². The molecule has 1 rings (SSSR count). The minimum absolute atomic E-state index is 0.0799. The molecule has 1 amide bonds. The van der Waals surface area contributed by atoms with E-state index in [0.717, 1.165) is 0 Å². The molecule has 5 heteroatoms. The molecule has 5 nitrogen and oxygen atoms in total. The topological polar surface area (TPSA) is 79.5 Å². The fourth-order valence-corrected chi connectivity index (χ4v) is 1.00. The number of nitrogens with two attached hydrogens (primary N) is 1. The third-order valence-electron chi connectivity index (χ3n) is 1.87. The van der Waals surface area contributed by atoms with Gasteiger partial charge in [0.25, 0.3) is 5.91 Å². The maximum Gasteiger partial charge on any atom is 0.256 e. The predicted molar refractivity (Wildman–Crippen MR) is 52.7 cm³/mol. The number of aromatic nitrogens is 1. The van der Waals surface area contributed by atoms with E-state index in [-0.39, 0.29) is 6.54 Å². The monoisotopic (exact) mass is 195 g/mol. The first-order valence-corrected chi connectivity index (χ1v) is 4.22. The maximum atomic E-state index is 11.4. The molecule has 1 unspecified atom stereocenters. The number of carbonyl (C=O) groups is 1. The number of nitrogens with zero attached hydrogens (tertiary/aromatic N) is 2. The van der Waals surface area contributed by atoms with Crippen molar-refractivity contribution in [2.45, 2.75) is 6.10 Å². The predicted octanol–water partition coefficient (Wildman–Crippen LogP) is -0.636. The van der Waals surface area contributed by atoms with Crippen LogP contribution in [0.15, 0.2) is 24.5 Å². The number of hydrogen-bond acceptors (Lipinski definition) is 4. The highest BCUT2D eigenvalue weighted by Gasteiger charge is 2.18. The first kappa shape index (κ1) is 10.6. The Balaban J connectivity index is 2.76. The summed E-state index contributed by atoms with van der Waals surface area (Å²) in [6, 6.07) is 3.45. The zero-order valence-corrected chi connectivity index (χ0v) is 7.92. The lowest BCUT2D eigenvalue weighted by Crippen LogP contribution is -2.40. The molecule has 14 heavy (non-hydrogen) atoms. The SMILES string of the molecule is CN(C(=O)C(O)CN)c1cccnc1. The van der Waals surface area contributed by atoms with Crippen LogP contribution in [0.25, 0.3) is 0 Å². The molecular formula is C9H13N3O2. The second-order valence-corrected chi connectivity index (χ2v) is 2.86. The van der Waals surface area contributed by atoms with Crippen LogP contribution in [-0.2, 0) is 4.79 Å². The molecule has 0 aromatic carbocycles. The van der Waals surface area contributed by atoms with Crippen LogP contribution in [0.3, 0.4) is 0 Å². The van der Waals surface area contributed by atoms with Crippen LogP contribution in [0, 0.1) is 0 Å². The molecule has 0 aliphatic rings. The fourth-order valence-electron chi connectivity index (χ4n) is 1.00. The van der Waals surface area contributed by atoms with Crippen molar-refractivity contribution in [1.29, 1.82) is 0 Å². The van der Waals surface area contributed by atoms with Gasteiger partial charge in [0.15, 0.2) is 0 Å². The smallest absolute Gasteiger partial charge is 0.256 e. The molecule has 76 valence electrons. The second kappa shape index (κ2) is 4.69. The molecule has 0 bridgehead atoms.